The summed E-state index contributed by atoms with van der Waals surface area (Å²) >= 11 is 0. The van der Waals surface area contributed by atoms with Gasteiger partial charge in [-0.25, -0.2) is 6.07 Å². The molecule has 0 bridgehead atoms. The van der Waals surface area contributed by atoms with Gasteiger partial charge in [0.05, 0.1) is 0 Å². The van der Waals surface area contributed by atoms with E-state index >= 15 is 0 Å². The molecule has 8 heavy (non-hydrogen) atoms. The molecule has 0 aromatic carbocycles. The van der Waals surface area contributed by atoms with Crippen LogP contribution in [0.5, 0.6) is 0 Å². The number of hydrogen-bond acceptors (Lipinski definition) is 1. The molecule has 2 nitrogen and oxygen atoms in total. The van der Waals surface area contributed by atoms with Gasteiger partial charge in [0, 0.05) is 0 Å². The summed E-state index contributed by atoms with van der Waals surface area (Å²) in [6.07, 6.45) is 1.57. The van der Waals surface area contributed by atoms with E-state index in [1.807, 2.05) is 0 Å². The average molecular weight is 101 g/mol. The number of pyridine rings is 1. The molecule has 1 heterocycles. The summed E-state index contributed by atoms with van der Waals surface area (Å²) in [5, 5.41) is 0. The van der Waals surface area contributed by atoms with Crippen LogP contribution in [0, 0.1) is 6.07 Å². The predicted molar refractivity (Wildman–Crippen MR) is 25.9 cm³/mol. The van der Waals surface area contributed by atoms with E-state index in [2.05, 4.69) is 11.1 Å². The van der Waals surface area contributed by atoms with Crippen molar-refractivity contribution < 1.29 is 18.9 Å². The fraction of sp³-hybridized carbons (Fsp3) is 0. The summed E-state index contributed by atoms with van der Waals surface area (Å²) in [7, 11) is 0. The van der Waals surface area contributed by atoms with Gasteiger partial charge in [0.2, 0.25) is 0 Å². The van der Waals surface area contributed by atoms with Gasteiger partial charge in [-0.2, -0.15) is 12.1 Å². The smallest absolute Gasteiger partial charge is 0.362 e. The Morgan fingerprint density at radius 1 is 1.62 bits per heavy atom. The van der Waals surface area contributed by atoms with Crippen LogP contribution in [0.3, 0.4) is 0 Å². The molecule has 0 amide bonds. The second kappa shape index (κ2) is 3.54. The molecule has 1 N–H and O–H groups in total. The van der Waals surface area contributed by atoms with E-state index in [1.165, 1.54) is 0 Å². The van der Waals surface area contributed by atoms with Crippen LogP contribution >= 0.6 is 0 Å². The second-order valence-electron chi connectivity index (χ2n) is 1.14. The third-order valence-electron chi connectivity index (χ3n) is 0.621. The van der Waals surface area contributed by atoms with Crippen molar-refractivity contribution in [1.82, 2.24) is 4.98 Å². The molecule has 3 heteroatoms. The molecule has 0 fully saturated rings. The second-order valence-corrected chi connectivity index (χ2v) is 1.14. The van der Waals surface area contributed by atoms with Crippen LogP contribution in [0.15, 0.2) is 23.1 Å². The monoisotopic (exact) mass is 101 g/mol. The van der Waals surface area contributed by atoms with Crippen LogP contribution in [0.2, 0.25) is 0 Å². The summed E-state index contributed by atoms with van der Waals surface area (Å²) in [6.45, 7) is 0. The number of aromatic nitrogens is 1. The zero-order valence-corrected chi connectivity index (χ0v) is 4.64. The van der Waals surface area contributed by atoms with Crippen molar-refractivity contribution in [3.05, 3.63) is 34.7 Å². The maximum absolute atomic E-state index is 10.2. The van der Waals surface area contributed by atoms with Gasteiger partial charge in [0.1, 0.15) is 0 Å². The number of rotatable bonds is 0. The van der Waals surface area contributed by atoms with Gasteiger partial charge in [-0.1, -0.05) is 6.20 Å². The normalized spacial score (nSPS) is 7.50. The van der Waals surface area contributed by atoms with Gasteiger partial charge in [-0.15, -0.1) is 0 Å². The van der Waals surface area contributed by atoms with Crippen molar-refractivity contribution >= 4 is 0 Å². The molecule has 0 unspecified atom stereocenters. The Bertz CT molecular complexity index is 178. The largest absolute Gasteiger partial charge is 1.00 e. The topological polar surface area (TPSA) is 32.9 Å². The van der Waals surface area contributed by atoms with Crippen LogP contribution in [0.1, 0.15) is 0 Å². The van der Waals surface area contributed by atoms with E-state index in [0.29, 0.717) is 0 Å². The number of nitrogens with one attached hydrogen (secondary N) is 1. The van der Waals surface area contributed by atoms with Gasteiger partial charge in [-0.05, 0) is 0 Å². The Morgan fingerprint density at radius 3 is 2.62 bits per heavy atom. The first-order valence-corrected chi connectivity index (χ1v) is 1.95. The first-order chi connectivity index (χ1) is 3.39. The summed E-state index contributed by atoms with van der Waals surface area (Å²) in [6, 6.07) is 5.70. The predicted octanol–water partition coefficient (Wildman–Crippen LogP) is -2.82. The minimum atomic E-state index is -0.178. The maximum atomic E-state index is 10.2. The van der Waals surface area contributed by atoms with Gasteiger partial charge < -0.3 is 4.98 Å². The molecule has 0 spiro atoms. The third kappa shape index (κ3) is 2.01. The molecule has 0 aliphatic heterocycles. The molecule has 0 saturated heterocycles. The molecule has 0 saturated carbocycles. The van der Waals surface area contributed by atoms with E-state index in [1.54, 1.807) is 18.3 Å². The number of hydrogen-bond donors (Lipinski definition) is 1. The molecular weight excluding hydrogens is 97.0 g/mol. The Labute approximate surface area is 59.1 Å². The zero-order chi connectivity index (χ0) is 5.11. The van der Waals surface area contributed by atoms with E-state index < -0.39 is 0 Å². The summed E-state index contributed by atoms with van der Waals surface area (Å²) in [4.78, 5) is 12.6. The van der Waals surface area contributed by atoms with Gasteiger partial charge >= 0.3 is 18.9 Å². The maximum Gasteiger partial charge on any atom is 1.00 e. The van der Waals surface area contributed by atoms with Crippen molar-refractivity contribution in [2.24, 2.45) is 0 Å². The van der Waals surface area contributed by atoms with E-state index in [4.69, 9.17) is 0 Å². The van der Waals surface area contributed by atoms with Crippen molar-refractivity contribution in [2.45, 2.75) is 0 Å². The minimum absolute atomic E-state index is 0. The molecular formula is C5H4LiNO. The molecule has 1 aromatic rings. The first-order valence-electron chi connectivity index (χ1n) is 1.95. The molecule has 0 radical (unpaired) electrons. The average Bonchev–Trinajstić information content (AvgIpc) is 1.69. The Morgan fingerprint density at radius 2 is 2.38 bits per heavy atom. The van der Waals surface area contributed by atoms with Crippen molar-refractivity contribution in [2.75, 3.05) is 0 Å². The van der Waals surface area contributed by atoms with Crippen molar-refractivity contribution in [1.29, 1.82) is 0 Å². The number of H-pyrrole nitrogens is 1. The zero-order valence-electron chi connectivity index (χ0n) is 4.64. The van der Waals surface area contributed by atoms with Crippen LogP contribution in [0.25, 0.3) is 0 Å². The standard InChI is InChI=1S/C5H4NO.Li/c7-5-3-1-2-4-6-5;/h1-2,4H,(H,6,7);/q-1;+1. The Hall–Kier alpha value is -0.453. The van der Waals surface area contributed by atoms with E-state index in [0.717, 1.165) is 0 Å². The summed E-state index contributed by atoms with van der Waals surface area (Å²) in [5.74, 6) is 0. The molecule has 0 atom stereocenters. The van der Waals surface area contributed by atoms with Crippen LogP contribution in [0.4, 0.5) is 0 Å². The van der Waals surface area contributed by atoms with E-state index in [-0.39, 0.29) is 24.4 Å². The van der Waals surface area contributed by atoms with Crippen molar-refractivity contribution in [3.63, 3.8) is 0 Å². The third-order valence-corrected chi connectivity index (χ3v) is 0.621. The van der Waals surface area contributed by atoms with Crippen LogP contribution in [-0.2, 0) is 0 Å². The minimum Gasteiger partial charge on any atom is -0.362 e. The van der Waals surface area contributed by atoms with E-state index in [9.17, 15) is 4.79 Å². The summed E-state index contributed by atoms with van der Waals surface area (Å²) in [5.41, 5.74) is -0.178. The fourth-order valence-corrected chi connectivity index (χ4v) is 0.337. The molecule has 1 rings (SSSR count). The molecule has 36 valence electrons. The van der Waals surface area contributed by atoms with Gasteiger partial charge in [0.15, 0.2) is 5.56 Å². The Balaban J connectivity index is 0.000000490. The quantitative estimate of drug-likeness (QED) is 0.277. The SMILES string of the molecule is O=c1[c-]ccc[nH]1.[Li+]. The van der Waals surface area contributed by atoms with Gasteiger partial charge in [-0.3, -0.25) is 4.79 Å². The number of aromatic amines is 1. The molecule has 0 aliphatic rings. The fourth-order valence-electron chi connectivity index (χ4n) is 0.337. The van der Waals surface area contributed by atoms with Crippen LogP contribution < -0.4 is 24.4 Å². The Kier molecular flexibility index (Phi) is 3.34. The molecule has 1 aromatic heterocycles. The van der Waals surface area contributed by atoms with Crippen molar-refractivity contribution in [3.8, 4) is 0 Å². The van der Waals surface area contributed by atoms with Gasteiger partial charge in [0.25, 0.3) is 0 Å². The summed E-state index contributed by atoms with van der Waals surface area (Å²) < 4.78 is 0. The molecule has 0 aliphatic carbocycles. The first kappa shape index (κ1) is 7.55. The van der Waals surface area contributed by atoms with Crippen LogP contribution in [-0.4, -0.2) is 4.98 Å².